The molecule has 2 saturated heterocycles. The molecule has 2 heterocycles. The Morgan fingerprint density at radius 3 is 3.00 bits per heavy atom. The van der Waals surface area contributed by atoms with Crippen molar-refractivity contribution in [1.82, 2.24) is 10.2 Å². The smallest absolute Gasteiger partial charge is 0.0589 e. The van der Waals surface area contributed by atoms with E-state index in [0.29, 0.717) is 0 Å². The van der Waals surface area contributed by atoms with E-state index >= 15 is 0 Å². The highest BCUT2D eigenvalue weighted by Crippen LogP contribution is 2.24. The molecule has 82 valence electrons. The van der Waals surface area contributed by atoms with Crippen LogP contribution in [-0.4, -0.2) is 50.3 Å². The van der Waals surface area contributed by atoms with Crippen molar-refractivity contribution >= 4 is 0 Å². The van der Waals surface area contributed by atoms with Gasteiger partial charge >= 0.3 is 0 Å². The summed E-state index contributed by atoms with van der Waals surface area (Å²) in [4.78, 5) is 2.60. The molecule has 14 heavy (non-hydrogen) atoms. The summed E-state index contributed by atoms with van der Waals surface area (Å²) in [6.07, 6.45) is 5.47. The molecule has 0 amide bonds. The molecular weight excluding hydrogens is 176 g/mol. The molecular formula is C11H22N2O. The Labute approximate surface area is 86.8 Å². The van der Waals surface area contributed by atoms with Gasteiger partial charge in [-0.2, -0.15) is 0 Å². The topological polar surface area (TPSA) is 24.5 Å². The second-order valence-corrected chi connectivity index (χ2v) is 4.44. The minimum Gasteiger partial charge on any atom is -0.383 e. The summed E-state index contributed by atoms with van der Waals surface area (Å²) >= 11 is 0. The van der Waals surface area contributed by atoms with Gasteiger partial charge in [-0.15, -0.1) is 0 Å². The van der Waals surface area contributed by atoms with Crippen molar-refractivity contribution in [2.24, 2.45) is 0 Å². The highest BCUT2D eigenvalue weighted by atomic mass is 16.5. The average molecular weight is 198 g/mol. The summed E-state index contributed by atoms with van der Waals surface area (Å²) in [5.41, 5.74) is 0. The Morgan fingerprint density at radius 2 is 2.29 bits per heavy atom. The standard InChI is InChI=1S/C11H22N2O/c1-14-9-8-13-7-3-5-11(13)10-4-2-6-12-10/h10-12H,2-9H2,1H3. The Balaban J connectivity index is 1.82. The molecule has 2 aliphatic rings. The molecule has 1 N–H and O–H groups in total. The summed E-state index contributed by atoms with van der Waals surface area (Å²) < 4.78 is 5.15. The van der Waals surface area contributed by atoms with Crippen LogP contribution in [0.1, 0.15) is 25.7 Å². The zero-order chi connectivity index (χ0) is 9.80. The van der Waals surface area contributed by atoms with E-state index < -0.39 is 0 Å². The van der Waals surface area contributed by atoms with Gasteiger partial charge in [-0.05, 0) is 38.8 Å². The summed E-state index contributed by atoms with van der Waals surface area (Å²) in [5, 5.41) is 3.62. The minimum absolute atomic E-state index is 0.759. The number of methoxy groups -OCH3 is 1. The molecule has 3 heteroatoms. The molecule has 0 radical (unpaired) electrons. The van der Waals surface area contributed by atoms with E-state index in [1.807, 2.05) is 0 Å². The quantitative estimate of drug-likeness (QED) is 0.725. The number of ether oxygens (including phenoxy) is 1. The molecule has 0 saturated carbocycles. The third-order valence-corrected chi connectivity index (χ3v) is 3.56. The number of hydrogen-bond acceptors (Lipinski definition) is 3. The van der Waals surface area contributed by atoms with Crippen LogP contribution >= 0.6 is 0 Å². The number of rotatable bonds is 4. The maximum absolute atomic E-state index is 5.15. The molecule has 2 fully saturated rings. The zero-order valence-corrected chi connectivity index (χ0v) is 9.17. The molecule has 2 unspecified atom stereocenters. The molecule has 0 bridgehead atoms. The van der Waals surface area contributed by atoms with Gasteiger partial charge in [0, 0.05) is 25.7 Å². The summed E-state index contributed by atoms with van der Waals surface area (Å²) in [6.45, 7) is 4.48. The van der Waals surface area contributed by atoms with E-state index in [0.717, 1.165) is 25.2 Å². The van der Waals surface area contributed by atoms with Crippen LogP contribution in [0.4, 0.5) is 0 Å². The zero-order valence-electron chi connectivity index (χ0n) is 9.17. The summed E-state index contributed by atoms with van der Waals surface area (Å²) in [6, 6.07) is 1.54. The monoisotopic (exact) mass is 198 g/mol. The Bertz CT molecular complexity index is 169. The average Bonchev–Trinajstić information content (AvgIpc) is 2.84. The third kappa shape index (κ3) is 2.27. The molecule has 3 nitrogen and oxygen atoms in total. The molecule has 2 aliphatic heterocycles. The molecule has 0 spiro atoms. The second-order valence-electron chi connectivity index (χ2n) is 4.44. The van der Waals surface area contributed by atoms with E-state index in [4.69, 9.17) is 4.74 Å². The molecule has 0 aromatic rings. The maximum atomic E-state index is 5.15. The van der Waals surface area contributed by atoms with E-state index in [-0.39, 0.29) is 0 Å². The molecule has 0 aromatic carbocycles. The highest BCUT2D eigenvalue weighted by Gasteiger charge is 2.32. The Hall–Kier alpha value is -0.120. The van der Waals surface area contributed by atoms with Crippen molar-refractivity contribution in [3.63, 3.8) is 0 Å². The van der Waals surface area contributed by atoms with E-state index in [1.54, 1.807) is 7.11 Å². The van der Waals surface area contributed by atoms with Gasteiger partial charge in [-0.1, -0.05) is 0 Å². The SMILES string of the molecule is COCCN1CCCC1C1CCCN1. The Kier molecular flexibility index (Phi) is 3.79. The number of nitrogens with zero attached hydrogens (tertiary/aromatic N) is 1. The van der Waals surface area contributed by atoms with Crippen LogP contribution in [0.25, 0.3) is 0 Å². The molecule has 0 aromatic heterocycles. The lowest BCUT2D eigenvalue weighted by molar-refractivity contribution is 0.130. The van der Waals surface area contributed by atoms with Crippen molar-refractivity contribution in [3.8, 4) is 0 Å². The normalized spacial score (nSPS) is 34.1. The first-order valence-electron chi connectivity index (χ1n) is 5.88. The van der Waals surface area contributed by atoms with Crippen molar-refractivity contribution < 1.29 is 4.74 Å². The lowest BCUT2D eigenvalue weighted by Crippen LogP contribution is -2.44. The number of nitrogens with one attached hydrogen (secondary N) is 1. The van der Waals surface area contributed by atoms with Crippen LogP contribution in [0.3, 0.4) is 0 Å². The number of hydrogen-bond donors (Lipinski definition) is 1. The fourth-order valence-corrected chi connectivity index (χ4v) is 2.83. The maximum Gasteiger partial charge on any atom is 0.0589 e. The second kappa shape index (κ2) is 5.10. The van der Waals surface area contributed by atoms with Gasteiger partial charge in [0.2, 0.25) is 0 Å². The van der Waals surface area contributed by atoms with Gasteiger partial charge in [0.1, 0.15) is 0 Å². The summed E-state index contributed by atoms with van der Waals surface area (Å²) in [5.74, 6) is 0. The molecule has 2 rings (SSSR count). The minimum atomic E-state index is 0.759. The van der Waals surface area contributed by atoms with Crippen molar-refractivity contribution in [2.75, 3.05) is 33.4 Å². The van der Waals surface area contributed by atoms with Crippen LogP contribution in [0, 0.1) is 0 Å². The van der Waals surface area contributed by atoms with Crippen LogP contribution < -0.4 is 5.32 Å². The first-order valence-corrected chi connectivity index (χ1v) is 5.88. The van der Waals surface area contributed by atoms with Crippen LogP contribution in [0.2, 0.25) is 0 Å². The fraction of sp³-hybridized carbons (Fsp3) is 1.00. The van der Waals surface area contributed by atoms with Crippen molar-refractivity contribution in [3.05, 3.63) is 0 Å². The van der Waals surface area contributed by atoms with Gasteiger partial charge in [-0.3, -0.25) is 4.90 Å². The predicted octanol–water partition coefficient (Wildman–Crippen LogP) is 0.849. The van der Waals surface area contributed by atoms with Gasteiger partial charge < -0.3 is 10.1 Å². The summed E-state index contributed by atoms with van der Waals surface area (Å²) in [7, 11) is 1.79. The predicted molar refractivity (Wildman–Crippen MR) is 57.5 cm³/mol. The van der Waals surface area contributed by atoms with Gasteiger partial charge in [0.05, 0.1) is 6.61 Å². The largest absolute Gasteiger partial charge is 0.383 e. The van der Waals surface area contributed by atoms with Gasteiger partial charge in [0.15, 0.2) is 0 Å². The van der Waals surface area contributed by atoms with Crippen molar-refractivity contribution in [2.45, 2.75) is 37.8 Å². The van der Waals surface area contributed by atoms with Crippen LogP contribution in [-0.2, 0) is 4.74 Å². The molecule has 2 atom stereocenters. The van der Waals surface area contributed by atoms with E-state index in [1.165, 1.54) is 38.8 Å². The third-order valence-electron chi connectivity index (χ3n) is 3.56. The highest BCUT2D eigenvalue weighted by molar-refractivity contribution is 4.91. The lowest BCUT2D eigenvalue weighted by Gasteiger charge is -2.29. The van der Waals surface area contributed by atoms with E-state index in [9.17, 15) is 0 Å². The van der Waals surface area contributed by atoms with Gasteiger partial charge in [-0.25, -0.2) is 0 Å². The number of likely N-dealkylation sites (tertiary alicyclic amines) is 1. The fourth-order valence-electron chi connectivity index (χ4n) is 2.83. The first kappa shape index (κ1) is 10.4. The molecule has 0 aliphatic carbocycles. The van der Waals surface area contributed by atoms with Crippen molar-refractivity contribution in [1.29, 1.82) is 0 Å². The van der Waals surface area contributed by atoms with Gasteiger partial charge in [0.25, 0.3) is 0 Å². The van der Waals surface area contributed by atoms with Crippen LogP contribution in [0.5, 0.6) is 0 Å². The van der Waals surface area contributed by atoms with E-state index in [2.05, 4.69) is 10.2 Å². The first-order chi connectivity index (χ1) is 6.92. The Morgan fingerprint density at radius 1 is 1.36 bits per heavy atom. The van der Waals surface area contributed by atoms with Crippen LogP contribution in [0.15, 0.2) is 0 Å². The lowest BCUT2D eigenvalue weighted by atomic mass is 10.0.